The first-order chi connectivity index (χ1) is 20.9. The molecule has 220 valence electrons. The van der Waals surface area contributed by atoms with Crippen LogP contribution >= 0.6 is 11.3 Å². The maximum Gasteiger partial charge on any atom is 0.344 e. The maximum atomic E-state index is 13.9. The number of allylic oxidation sites excluding steroid dienone is 1. The van der Waals surface area contributed by atoms with Gasteiger partial charge in [0.15, 0.2) is 11.4 Å². The molecule has 1 aliphatic heterocycles. The van der Waals surface area contributed by atoms with Crippen molar-refractivity contribution in [3.63, 3.8) is 0 Å². The Hall–Kier alpha value is -4.96. The molecule has 10 heteroatoms. The quantitative estimate of drug-likeness (QED) is 0.275. The molecule has 0 bridgehead atoms. The molecular weight excluding hydrogens is 566 g/mol. The monoisotopic (exact) mass is 597 g/mol. The van der Waals surface area contributed by atoms with E-state index < -0.39 is 12.0 Å². The van der Waals surface area contributed by atoms with Crippen LogP contribution in [0.1, 0.15) is 37.9 Å². The summed E-state index contributed by atoms with van der Waals surface area (Å²) < 4.78 is 18.0. The molecule has 0 saturated heterocycles. The minimum atomic E-state index is -0.698. The van der Waals surface area contributed by atoms with Crippen LogP contribution in [0.25, 0.3) is 6.08 Å². The number of rotatable bonds is 10. The normalized spacial score (nSPS) is 14.5. The van der Waals surface area contributed by atoms with Crippen LogP contribution < -0.4 is 29.7 Å². The highest BCUT2D eigenvalue weighted by Gasteiger charge is 2.32. The number of nitrogens with one attached hydrogen (secondary N) is 1. The van der Waals surface area contributed by atoms with Gasteiger partial charge in [0.1, 0.15) is 11.5 Å². The molecule has 0 unspecified atom stereocenters. The van der Waals surface area contributed by atoms with Crippen molar-refractivity contribution in [1.29, 1.82) is 0 Å². The van der Waals surface area contributed by atoms with Crippen molar-refractivity contribution >= 4 is 35.0 Å². The first kappa shape index (κ1) is 29.5. The van der Waals surface area contributed by atoms with Gasteiger partial charge in [-0.2, -0.15) is 0 Å². The Labute approximate surface area is 252 Å². The van der Waals surface area contributed by atoms with Gasteiger partial charge < -0.3 is 19.5 Å². The number of carbonyl (C=O) groups excluding carboxylic acids is 2. The number of anilines is 1. The number of thiazole rings is 1. The highest BCUT2D eigenvalue weighted by molar-refractivity contribution is 7.07. The van der Waals surface area contributed by atoms with Gasteiger partial charge in [-0.25, -0.2) is 9.79 Å². The van der Waals surface area contributed by atoms with Gasteiger partial charge >= 0.3 is 5.97 Å². The van der Waals surface area contributed by atoms with E-state index in [0.717, 1.165) is 11.1 Å². The predicted octanol–water partition coefficient (Wildman–Crippen LogP) is 4.21. The molecule has 1 amide bonds. The molecule has 0 aliphatic carbocycles. The van der Waals surface area contributed by atoms with E-state index in [4.69, 9.17) is 19.2 Å². The van der Waals surface area contributed by atoms with Crippen molar-refractivity contribution in [3.05, 3.63) is 121 Å². The summed E-state index contributed by atoms with van der Waals surface area (Å²) >= 11 is 1.26. The zero-order valence-electron chi connectivity index (χ0n) is 24.0. The minimum Gasteiger partial charge on any atom is -0.494 e. The third kappa shape index (κ3) is 6.76. The average Bonchev–Trinajstić information content (AvgIpc) is 3.31. The summed E-state index contributed by atoms with van der Waals surface area (Å²) in [7, 11) is 0. The van der Waals surface area contributed by atoms with Gasteiger partial charge in [0.05, 0.1) is 35.1 Å². The lowest BCUT2D eigenvalue weighted by atomic mass is 9.95. The van der Waals surface area contributed by atoms with Gasteiger partial charge in [-0.15, -0.1) is 0 Å². The molecule has 1 N–H and O–H groups in total. The number of para-hydroxylation sites is 1. The molecule has 0 spiro atoms. The van der Waals surface area contributed by atoms with Crippen molar-refractivity contribution in [3.8, 4) is 11.5 Å². The summed E-state index contributed by atoms with van der Waals surface area (Å²) in [5, 5.41) is 2.96. The van der Waals surface area contributed by atoms with E-state index in [1.54, 1.807) is 48.8 Å². The zero-order chi connectivity index (χ0) is 30.3. The molecule has 5 rings (SSSR count). The van der Waals surface area contributed by atoms with E-state index in [1.165, 1.54) is 11.3 Å². The Balaban J connectivity index is 1.52. The van der Waals surface area contributed by atoms with Gasteiger partial charge in [0, 0.05) is 5.69 Å². The Kier molecular flexibility index (Phi) is 9.17. The van der Waals surface area contributed by atoms with Crippen LogP contribution in [-0.4, -0.2) is 36.3 Å². The Bertz CT molecular complexity index is 1820. The number of nitrogens with zero attached hydrogens (tertiary/aromatic N) is 2. The molecule has 43 heavy (non-hydrogen) atoms. The number of amides is 1. The number of hydrogen-bond acceptors (Lipinski definition) is 8. The summed E-state index contributed by atoms with van der Waals surface area (Å²) in [5.74, 6) is 0.428. The first-order valence-electron chi connectivity index (χ1n) is 13.9. The molecule has 2 heterocycles. The van der Waals surface area contributed by atoms with E-state index in [2.05, 4.69) is 5.32 Å². The number of aromatic nitrogens is 1. The Morgan fingerprint density at radius 1 is 0.930 bits per heavy atom. The van der Waals surface area contributed by atoms with Crippen LogP contribution in [-0.2, 0) is 14.3 Å². The van der Waals surface area contributed by atoms with E-state index in [1.807, 2.05) is 61.5 Å². The highest BCUT2D eigenvalue weighted by atomic mass is 32.1. The summed E-state index contributed by atoms with van der Waals surface area (Å²) in [5.41, 5.74) is 2.82. The fraction of sp³-hybridized carbons (Fsp3) is 0.212. The average molecular weight is 598 g/mol. The second-order valence-corrected chi connectivity index (χ2v) is 10.6. The summed E-state index contributed by atoms with van der Waals surface area (Å²) in [6.07, 6.45) is 1.78. The molecule has 0 fully saturated rings. The lowest BCUT2D eigenvalue weighted by Gasteiger charge is -2.25. The molecule has 1 atom stereocenters. The molecular formula is C33H31N3O6S. The van der Waals surface area contributed by atoms with Crippen molar-refractivity contribution in [1.82, 2.24) is 4.57 Å². The van der Waals surface area contributed by atoms with Gasteiger partial charge in [-0.3, -0.25) is 14.2 Å². The van der Waals surface area contributed by atoms with Crippen LogP contribution in [0.15, 0.2) is 99.9 Å². The molecule has 0 saturated carbocycles. The van der Waals surface area contributed by atoms with Crippen LogP contribution in [0, 0.1) is 0 Å². The lowest BCUT2D eigenvalue weighted by Crippen LogP contribution is -2.40. The van der Waals surface area contributed by atoms with E-state index in [9.17, 15) is 14.4 Å². The molecule has 1 aromatic heterocycles. The lowest BCUT2D eigenvalue weighted by molar-refractivity contribution is -0.145. The van der Waals surface area contributed by atoms with Crippen molar-refractivity contribution in [2.75, 3.05) is 25.1 Å². The van der Waals surface area contributed by atoms with Gasteiger partial charge in [-0.05, 0) is 74.4 Å². The second-order valence-electron chi connectivity index (χ2n) is 9.57. The SMILES string of the molecule is CCOC(=O)COc1ccc(/C=c2\sc3n(c2=O)[C@H](c2ccc(OCC)cc2)C(C(=O)Nc2ccccc2)=C(C)N=3)cc1. The molecule has 9 nitrogen and oxygen atoms in total. The number of hydrogen-bond donors (Lipinski definition) is 1. The molecule has 1 aliphatic rings. The molecule has 3 aromatic carbocycles. The summed E-state index contributed by atoms with van der Waals surface area (Å²) in [4.78, 5) is 44.4. The largest absolute Gasteiger partial charge is 0.494 e. The fourth-order valence-electron chi connectivity index (χ4n) is 4.72. The van der Waals surface area contributed by atoms with Crippen LogP contribution in [0.3, 0.4) is 0 Å². The molecule has 0 radical (unpaired) electrons. The maximum absolute atomic E-state index is 13.9. The van der Waals surface area contributed by atoms with E-state index in [0.29, 0.717) is 44.4 Å². The van der Waals surface area contributed by atoms with Crippen molar-refractivity contribution in [2.45, 2.75) is 26.8 Å². The summed E-state index contributed by atoms with van der Waals surface area (Å²) in [6, 6.07) is 22.9. The minimum absolute atomic E-state index is 0.184. The smallest absolute Gasteiger partial charge is 0.344 e. The number of fused-ring (bicyclic) bond motifs is 1. The van der Waals surface area contributed by atoms with Crippen molar-refractivity contribution < 1.29 is 23.8 Å². The van der Waals surface area contributed by atoms with E-state index >= 15 is 0 Å². The summed E-state index contributed by atoms with van der Waals surface area (Å²) in [6.45, 7) is 6.06. The second kappa shape index (κ2) is 13.3. The van der Waals surface area contributed by atoms with Crippen LogP contribution in [0.2, 0.25) is 0 Å². The number of ether oxygens (including phenoxy) is 3. The number of benzene rings is 3. The third-order valence-electron chi connectivity index (χ3n) is 6.64. The highest BCUT2D eigenvalue weighted by Crippen LogP contribution is 2.31. The van der Waals surface area contributed by atoms with Gasteiger partial charge in [0.25, 0.3) is 11.5 Å². The predicted molar refractivity (Wildman–Crippen MR) is 165 cm³/mol. The van der Waals surface area contributed by atoms with Gasteiger partial charge in [-0.1, -0.05) is 53.8 Å². The van der Waals surface area contributed by atoms with Crippen molar-refractivity contribution in [2.24, 2.45) is 4.99 Å². The number of esters is 1. The Morgan fingerprint density at radius 3 is 2.28 bits per heavy atom. The Morgan fingerprint density at radius 2 is 1.60 bits per heavy atom. The zero-order valence-corrected chi connectivity index (χ0v) is 24.9. The van der Waals surface area contributed by atoms with Gasteiger partial charge in [0.2, 0.25) is 0 Å². The standard InChI is InChI=1S/C33H31N3O6S/c1-4-40-25-17-13-23(14-18-25)30-29(31(38)35-24-9-7-6-8-10-24)21(3)34-33-36(30)32(39)27(43-33)19-22-11-15-26(16-12-22)42-20-28(37)41-5-2/h6-19,30H,4-5,20H2,1-3H3,(H,35,38)/b27-19-/t30-/m1/s1. The van der Waals surface area contributed by atoms with E-state index in [-0.39, 0.29) is 24.7 Å². The fourth-order valence-corrected chi connectivity index (χ4v) is 5.76. The third-order valence-corrected chi connectivity index (χ3v) is 7.63. The van der Waals surface area contributed by atoms with Crippen LogP contribution in [0.4, 0.5) is 5.69 Å². The van der Waals surface area contributed by atoms with Crippen LogP contribution in [0.5, 0.6) is 11.5 Å². The number of carbonyl (C=O) groups is 2. The first-order valence-corrected chi connectivity index (χ1v) is 14.7. The molecule has 4 aromatic rings. The topological polar surface area (TPSA) is 108 Å².